The zero-order valence-electron chi connectivity index (χ0n) is 17.9. The zero-order chi connectivity index (χ0) is 22.5. The van der Waals surface area contributed by atoms with Crippen molar-refractivity contribution in [2.75, 3.05) is 11.1 Å². The molecule has 1 N–H and O–H groups in total. The van der Waals surface area contributed by atoms with Gasteiger partial charge in [-0.15, -0.1) is 10.2 Å². The summed E-state index contributed by atoms with van der Waals surface area (Å²) in [6.45, 7) is 4.59. The molecule has 5 nitrogen and oxygen atoms in total. The van der Waals surface area contributed by atoms with Crippen LogP contribution in [0, 0.1) is 13.8 Å². The van der Waals surface area contributed by atoms with Crippen LogP contribution in [0.25, 0.3) is 11.4 Å². The molecule has 3 aromatic carbocycles. The smallest absolute Gasteiger partial charge is 0.234 e. The number of halogens is 1. The predicted molar refractivity (Wildman–Crippen MR) is 131 cm³/mol. The van der Waals surface area contributed by atoms with Gasteiger partial charge in [-0.05, 0) is 54.8 Å². The quantitative estimate of drug-likeness (QED) is 0.342. The van der Waals surface area contributed by atoms with Crippen molar-refractivity contribution < 1.29 is 4.79 Å². The Morgan fingerprint density at radius 2 is 1.62 bits per heavy atom. The van der Waals surface area contributed by atoms with Crippen molar-refractivity contribution in [2.24, 2.45) is 0 Å². The van der Waals surface area contributed by atoms with Crippen LogP contribution in [-0.4, -0.2) is 26.4 Å². The average molecular weight is 463 g/mol. The molecule has 0 aliphatic rings. The number of amides is 1. The summed E-state index contributed by atoms with van der Waals surface area (Å²) in [5.41, 5.74) is 5.00. The lowest BCUT2D eigenvalue weighted by molar-refractivity contribution is -0.113. The van der Waals surface area contributed by atoms with Gasteiger partial charge in [0.25, 0.3) is 0 Å². The Morgan fingerprint density at radius 3 is 2.31 bits per heavy atom. The summed E-state index contributed by atoms with van der Waals surface area (Å²) in [5.74, 6) is 0.902. The molecule has 4 rings (SSSR count). The summed E-state index contributed by atoms with van der Waals surface area (Å²) in [5, 5.41) is 13.2. The Hall–Kier alpha value is -3.09. The minimum Gasteiger partial charge on any atom is -0.325 e. The Bertz CT molecular complexity index is 1200. The number of hydrogen-bond donors (Lipinski definition) is 1. The van der Waals surface area contributed by atoms with Crippen molar-refractivity contribution in [2.45, 2.75) is 25.5 Å². The van der Waals surface area contributed by atoms with Gasteiger partial charge >= 0.3 is 0 Å². The van der Waals surface area contributed by atoms with Gasteiger partial charge in [0.1, 0.15) is 0 Å². The number of para-hydroxylation sites is 1. The molecule has 0 unspecified atom stereocenters. The molecule has 0 fully saturated rings. The minimum atomic E-state index is -0.0743. The molecule has 1 amide bonds. The van der Waals surface area contributed by atoms with E-state index in [-0.39, 0.29) is 11.7 Å². The molecule has 0 spiro atoms. The number of nitrogens with zero attached hydrogens (tertiary/aromatic N) is 3. The standard InChI is InChI=1S/C25H23ClN4OS/c1-17-7-6-8-18(2)23(17)27-22(31)16-32-25-29-28-24(20-11-13-21(26)14-12-20)30(25)15-19-9-4-3-5-10-19/h3-14H,15-16H2,1-2H3,(H,27,31). The summed E-state index contributed by atoms with van der Waals surface area (Å²) in [6.07, 6.45) is 0. The molecule has 7 heteroatoms. The number of benzene rings is 3. The lowest BCUT2D eigenvalue weighted by atomic mass is 10.1. The van der Waals surface area contributed by atoms with Crippen molar-refractivity contribution in [3.63, 3.8) is 0 Å². The molecular formula is C25H23ClN4OS. The highest BCUT2D eigenvalue weighted by molar-refractivity contribution is 7.99. The predicted octanol–water partition coefficient (Wildman–Crippen LogP) is 5.99. The van der Waals surface area contributed by atoms with Crippen LogP contribution in [0.2, 0.25) is 5.02 Å². The van der Waals surface area contributed by atoms with E-state index in [9.17, 15) is 4.79 Å². The largest absolute Gasteiger partial charge is 0.325 e. The number of nitrogens with one attached hydrogen (secondary N) is 1. The third-order valence-corrected chi connectivity index (χ3v) is 6.30. The van der Waals surface area contributed by atoms with E-state index in [0.717, 1.165) is 33.8 Å². The second-order valence-electron chi connectivity index (χ2n) is 7.49. The molecule has 32 heavy (non-hydrogen) atoms. The van der Waals surface area contributed by atoms with Gasteiger partial charge in [-0.25, -0.2) is 0 Å². The van der Waals surface area contributed by atoms with Crippen LogP contribution in [0.5, 0.6) is 0 Å². The van der Waals surface area contributed by atoms with Crippen LogP contribution in [0.15, 0.2) is 78.0 Å². The summed E-state index contributed by atoms with van der Waals surface area (Å²) < 4.78 is 2.04. The third kappa shape index (κ3) is 5.21. The van der Waals surface area contributed by atoms with E-state index < -0.39 is 0 Å². The van der Waals surface area contributed by atoms with Gasteiger partial charge in [-0.3, -0.25) is 9.36 Å². The van der Waals surface area contributed by atoms with Crippen LogP contribution in [0.3, 0.4) is 0 Å². The molecule has 1 aromatic heterocycles. The van der Waals surface area contributed by atoms with Gasteiger partial charge in [0.2, 0.25) is 5.91 Å². The lowest BCUT2D eigenvalue weighted by Gasteiger charge is -2.12. The van der Waals surface area contributed by atoms with Gasteiger partial charge in [0, 0.05) is 16.3 Å². The second kappa shape index (κ2) is 10.0. The lowest BCUT2D eigenvalue weighted by Crippen LogP contribution is -2.16. The van der Waals surface area contributed by atoms with E-state index in [4.69, 9.17) is 11.6 Å². The van der Waals surface area contributed by atoms with Gasteiger partial charge < -0.3 is 5.32 Å². The number of anilines is 1. The van der Waals surface area contributed by atoms with E-state index in [1.54, 1.807) is 0 Å². The fraction of sp³-hybridized carbons (Fsp3) is 0.160. The van der Waals surface area contributed by atoms with Crippen LogP contribution in [-0.2, 0) is 11.3 Å². The Kier molecular flexibility index (Phi) is 6.93. The van der Waals surface area contributed by atoms with Crippen molar-refractivity contribution in [1.29, 1.82) is 0 Å². The maximum Gasteiger partial charge on any atom is 0.234 e. The van der Waals surface area contributed by atoms with Gasteiger partial charge in [0.05, 0.1) is 12.3 Å². The van der Waals surface area contributed by atoms with E-state index in [2.05, 4.69) is 27.6 Å². The van der Waals surface area contributed by atoms with Gasteiger partial charge in [0.15, 0.2) is 11.0 Å². The molecule has 0 bridgehead atoms. The monoisotopic (exact) mass is 462 g/mol. The van der Waals surface area contributed by atoms with E-state index in [1.165, 1.54) is 11.8 Å². The van der Waals surface area contributed by atoms with Crippen molar-refractivity contribution in [3.05, 3.63) is 94.5 Å². The molecular weight excluding hydrogens is 440 g/mol. The van der Waals surface area contributed by atoms with Crippen molar-refractivity contribution in [3.8, 4) is 11.4 Å². The molecule has 0 saturated carbocycles. The fourth-order valence-electron chi connectivity index (χ4n) is 3.43. The van der Waals surface area contributed by atoms with Gasteiger partial charge in [-0.2, -0.15) is 0 Å². The number of aryl methyl sites for hydroxylation is 2. The van der Waals surface area contributed by atoms with Crippen LogP contribution in [0.4, 0.5) is 5.69 Å². The maximum absolute atomic E-state index is 12.7. The molecule has 0 aliphatic carbocycles. The van der Waals surface area contributed by atoms with E-state index in [1.807, 2.05) is 79.1 Å². The summed E-state index contributed by atoms with van der Waals surface area (Å²) in [6, 6.07) is 23.6. The second-order valence-corrected chi connectivity index (χ2v) is 8.87. The number of hydrogen-bond acceptors (Lipinski definition) is 4. The number of thioether (sulfide) groups is 1. The first-order valence-electron chi connectivity index (χ1n) is 10.2. The minimum absolute atomic E-state index is 0.0743. The van der Waals surface area contributed by atoms with Crippen LogP contribution in [0.1, 0.15) is 16.7 Å². The van der Waals surface area contributed by atoms with E-state index in [0.29, 0.717) is 16.7 Å². The molecule has 4 aromatic rings. The first-order valence-corrected chi connectivity index (χ1v) is 11.6. The maximum atomic E-state index is 12.7. The summed E-state index contributed by atoms with van der Waals surface area (Å²) in [4.78, 5) is 12.7. The number of carbonyl (C=O) groups excluding carboxylic acids is 1. The zero-order valence-corrected chi connectivity index (χ0v) is 19.5. The highest BCUT2D eigenvalue weighted by Gasteiger charge is 2.17. The highest BCUT2D eigenvalue weighted by atomic mass is 35.5. The van der Waals surface area contributed by atoms with Crippen molar-refractivity contribution in [1.82, 2.24) is 14.8 Å². The number of aromatic nitrogens is 3. The summed E-state index contributed by atoms with van der Waals surface area (Å²) in [7, 11) is 0. The molecule has 0 saturated heterocycles. The molecule has 0 aliphatic heterocycles. The number of rotatable bonds is 7. The first-order chi connectivity index (χ1) is 15.5. The number of carbonyl (C=O) groups is 1. The van der Waals surface area contributed by atoms with E-state index >= 15 is 0 Å². The third-order valence-electron chi connectivity index (χ3n) is 5.08. The average Bonchev–Trinajstić information content (AvgIpc) is 3.18. The topological polar surface area (TPSA) is 59.8 Å². The normalized spacial score (nSPS) is 10.8. The Morgan fingerprint density at radius 1 is 0.938 bits per heavy atom. The first kappa shape index (κ1) is 22.1. The van der Waals surface area contributed by atoms with Crippen LogP contribution >= 0.6 is 23.4 Å². The highest BCUT2D eigenvalue weighted by Crippen LogP contribution is 2.27. The molecule has 0 atom stereocenters. The molecule has 0 radical (unpaired) electrons. The van der Waals surface area contributed by atoms with Crippen molar-refractivity contribution >= 4 is 35.0 Å². The fourth-order valence-corrected chi connectivity index (χ4v) is 4.30. The molecule has 162 valence electrons. The summed E-state index contributed by atoms with van der Waals surface area (Å²) >= 11 is 7.43. The SMILES string of the molecule is Cc1cccc(C)c1NC(=O)CSc1nnc(-c2ccc(Cl)cc2)n1Cc1ccccc1. The Balaban J connectivity index is 1.56. The Labute approximate surface area is 196 Å². The van der Waals surface area contributed by atoms with Crippen LogP contribution < -0.4 is 5.32 Å². The molecule has 1 heterocycles. The van der Waals surface area contributed by atoms with Gasteiger partial charge in [-0.1, -0.05) is 71.9 Å².